The second-order valence-corrected chi connectivity index (χ2v) is 2.85. The van der Waals surface area contributed by atoms with E-state index in [0.717, 1.165) is 0 Å². The largest absolute Gasteiger partial charge is 0.496 e. The van der Waals surface area contributed by atoms with E-state index in [1.54, 1.807) is 24.3 Å². The highest BCUT2D eigenvalue weighted by Crippen LogP contribution is 2.33. The Labute approximate surface area is 93.9 Å². The van der Waals surface area contributed by atoms with Gasteiger partial charge in [0, 0.05) is 14.2 Å². The Morgan fingerprint density at radius 3 is 2.25 bits per heavy atom. The van der Waals surface area contributed by atoms with E-state index in [2.05, 4.69) is 0 Å². The quantitative estimate of drug-likeness (QED) is 0.680. The number of hydrogen-bond donors (Lipinski definition) is 0. The predicted octanol–water partition coefficient (Wildman–Crippen LogP) is 1.18. The maximum absolute atomic E-state index is 10.4. The van der Waals surface area contributed by atoms with Gasteiger partial charge in [0.05, 0.1) is 12.7 Å². The third-order valence-corrected chi connectivity index (χ3v) is 2.15. The number of carbonyl (C=O) groups excluding carboxylic acids is 1. The fraction of sp³-hybridized carbons (Fsp3) is 0.364. The first-order chi connectivity index (χ1) is 7.74. The van der Waals surface area contributed by atoms with Crippen LogP contribution in [-0.4, -0.2) is 27.8 Å². The van der Waals surface area contributed by atoms with E-state index in [4.69, 9.17) is 18.9 Å². The first-order valence-corrected chi connectivity index (χ1v) is 4.53. The molecule has 5 nitrogen and oxygen atoms in total. The van der Waals surface area contributed by atoms with Crippen molar-refractivity contribution in [3.63, 3.8) is 0 Å². The summed E-state index contributed by atoms with van der Waals surface area (Å²) >= 11 is 0. The van der Waals surface area contributed by atoms with Crippen molar-refractivity contribution in [1.82, 2.24) is 0 Å². The van der Waals surface area contributed by atoms with Gasteiger partial charge < -0.3 is 18.9 Å². The molecule has 5 heteroatoms. The molecule has 0 saturated carbocycles. The first kappa shape index (κ1) is 12.5. The number of methoxy groups -OCH3 is 3. The molecule has 0 aromatic heterocycles. The molecule has 0 fully saturated rings. The summed E-state index contributed by atoms with van der Waals surface area (Å²) in [6.07, 6.45) is 0. The average molecular weight is 225 g/mol. The Morgan fingerprint density at radius 1 is 1.12 bits per heavy atom. The van der Waals surface area contributed by atoms with Gasteiger partial charge in [-0.15, -0.1) is 0 Å². The lowest BCUT2D eigenvalue weighted by Crippen LogP contribution is -2.34. The summed E-state index contributed by atoms with van der Waals surface area (Å²) in [5, 5.41) is 0. The van der Waals surface area contributed by atoms with E-state index < -0.39 is 5.97 Å². The van der Waals surface area contributed by atoms with Gasteiger partial charge in [0.2, 0.25) is 0 Å². The van der Waals surface area contributed by atoms with Crippen LogP contribution in [0.25, 0.3) is 0 Å². The van der Waals surface area contributed by atoms with Crippen LogP contribution in [0.4, 0.5) is 0 Å². The van der Waals surface area contributed by atoms with Gasteiger partial charge in [0.1, 0.15) is 5.75 Å². The van der Waals surface area contributed by atoms with Crippen molar-refractivity contribution in [2.75, 3.05) is 21.3 Å². The lowest BCUT2D eigenvalue weighted by Gasteiger charge is -2.28. The molecule has 0 heterocycles. The van der Waals surface area contributed by atoms with Crippen LogP contribution in [0.5, 0.6) is 5.75 Å². The monoisotopic (exact) mass is 225 g/mol. The summed E-state index contributed by atoms with van der Waals surface area (Å²) in [6, 6.07) is 6.90. The average Bonchev–Trinajstić information content (AvgIpc) is 2.36. The van der Waals surface area contributed by atoms with Crippen molar-refractivity contribution in [2.45, 2.75) is 5.97 Å². The van der Waals surface area contributed by atoms with Gasteiger partial charge >= 0.3 is 12.4 Å². The van der Waals surface area contributed by atoms with Crippen molar-refractivity contribution < 1.29 is 23.7 Å². The normalized spacial score (nSPS) is 10.9. The topological polar surface area (TPSA) is 54.0 Å². The van der Waals surface area contributed by atoms with Gasteiger partial charge in [0.25, 0.3) is 0 Å². The summed E-state index contributed by atoms with van der Waals surface area (Å²) in [4.78, 5) is 10.4. The smallest absolute Gasteiger partial charge is 0.422 e. The van der Waals surface area contributed by atoms with Gasteiger partial charge in [0.15, 0.2) is 0 Å². The minimum absolute atomic E-state index is 0.450. The number of para-hydroxylation sites is 1. The van der Waals surface area contributed by atoms with Crippen LogP contribution >= 0.6 is 0 Å². The number of hydrogen-bond acceptors (Lipinski definition) is 5. The van der Waals surface area contributed by atoms with Crippen LogP contribution in [0, 0.1) is 0 Å². The molecule has 87 valence electrons. The highest BCUT2D eigenvalue weighted by Gasteiger charge is 2.38. The van der Waals surface area contributed by atoms with Crippen LogP contribution in [0.1, 0.15) is 5.56 Å². The minimum atomic E-state index is -1.63. The molecule has 0 aliphatic rings. The molecule has 0 N–H and O–H groups in total. The molecule has 0 aliphatic heterocycles. The van der Waals surface area contributed by atoms with Crippen LogP contribution in [0.15, 0.2) is 24.3 Å². The maximum Gasteiger partial charge on any atom is 0.422 e. The molecule has 0 saturated heterocycles. The molecule has 0 aliphatic carbocycles. The lowest BCUT2D eigenvalue weighted by molar-refractivity contribution is -0.341. The zero-order valence-electron chi connectivity index (χ0n) is 9.35. The number of rotatable bonds is 6. The number of ether oxygens (including phenoxy) is 4. The molecule has 0 bridgehead atoms. The summed E-state index contributed by atoms with van der Waals surface area (Å²) in [6.45, 7) is 1.30. The van der Waals surface area contributed by atoms with E-state index in [0.29, 0.717) is 11.3 Å². The Balaban J connectivity index is 3.23. The van der Waals surface area contributed by atoms with Gasteiger partial charge in [-0.2, -0.15) is 0 Å². The first-order valence-electron chi connectivity index (χ1n) is 4.53. The molecule has 1 aromatic carbocycles. The van der Waals surface area contributed by atoms with Crippen LogP contribution in [0.2, 0.25) is 0 Å². The maximum atomic E-state index is 10.4. The molecule has 0 unspecified atom stereocenters. The van der Waals surface area contributed by atoms with Crippen LogP contribution in [-0.2, 0) is 25.0 Å². The second kappa shape index (κ2) is 5.48. The third-order valence-electron chi connectivity index (χ3n) is 2.15. The minimum Gasteiger partial charge on any atom is -0.496 e. The number of benzene rings is 1. The molecular formula is C11H13O5. The molecule has 0 atom stereocenters. The summed E-state index contributed by atoms with van der Waals surface area (Å²) in [7, 11) is 4.21. The zero-order valence-corrected chi connectivity index (χ0v) is 9.35. The van der Waals surface area contributed by atoms with Gasteiger partial charge in [-0.3, -0.25) is 0 Å². The summed E-state index contributed by atoms with van der Waals surface area (Å²) in [5.74, 6) is -1.14. The van der Waals surface area contributed by atoms with Crippen molar-refractivity contribution >= 4 is 6.47 Å². The van der Waals surface area contributed by atoms with Crippen LogP contribution < -0.4 is 4.74 Å². The lowest BCUT2D eigenvalue weighted by atomic mass is 10.1. The molecule has 0 amide bonds. The third kappa shape index (κ3) is 2.15. The predicted molar refractivity (Wildman–Crippen MR) is 55.5 cm³/mol. The van der Waals surface area contributed by atoms with E-state index in [9.17, 15) is 4.79 Å². The Morgan fingerprint density at radius 2 is 1.75 bits per heavy atom. The van der Waals surface area contributed by atoms with E-state index in [1.165, 1.54) is 27.8 Å². The SMILES string of the molecule is COc1ccccc1C(OC)(OC)O[C]=O. The Bertz CT molecular complexity index is 346. The summed E-state index contributed by atoms with van der Waals surface area (Å²) < 4.78 is 20.0. The summed E-state index contributed by atoms with van der Waals surface area (Å²) in [5.41, 5.74) is 0.450. The van der Waals surface area contributed by atoms with Crippen molar-refractivity contribution in [3.05, 3.63) is 29.8 Å². The molecule has 1 aromatic rings. The van der Waals surface area contributed by atoms with E-state index in [-0.39, 0.29) is 0 Å². The highest BCUT2D eigenvalue weighted by atomic mass is 16.9. The van der Waals surface area contributed by atoms with Gasteiger partial charge in [-0.1, -0.05) is 12.1 Å². The van der Waals surface area contributed by atoms with Crippen LogP contribution in [0.3, 0.4) is 0 Å². The van der Waals surface area contributed by atoms with Crippen molar-refractivity contribution in [3.8, 4) is 5.75 Å². The van der Waals surface area contributed by atoms with E-state index in [1.807, 2.05) is 0 Å². The Hall–Kier alpha value is -1.59. The molecular weight excluding hydrogens is 212 g/mol. The second-order valence-electron chi connectivity index (χ2n) is 2.85. The Kier molecular flexibility index (Phi) is 4.28. The zero-order chi connectivity index (χ0) is 12.0. The molecule has 16 heavy (non-hydrogen) atoms. The standard InChI is InChI=1S/C11H13O5/c1-13-10-7-5-4-6-9(10)11(14-2,15-3)16-8-12/h4-7H,1-3H3. The van der Waals surface area contributed by atoms with Gasteiger partial charge in [-0.25, -0.2) is 4.79 Å². The fourth-order valence-corrected chi connectivity index (χ4v) is 1.39. The van der Waals surface area contributed by atoms with Crippen molar-refractivity contribution in [1.29, 1.82) is 0 Å². The molecule has 1 radical (unpaired) electrons. The van der Waals surface area contributed by atoms with Crippen molar-refractivity contribution in [2.24, 2.45) is 0 Å². The molecule has 0 spiro atoms. The van der Waals surface area contributed by atoms with Gasteiger partial charge in [-0.05, 0) is 12.1 Å². The molecule has 1 rings (SSSR count). The fourth-order valence-electron chi connectivity index (χ4n) is 1.39. The van der Waals surface area contributed by atoms with E-state index >= 15 is 0 Å². The highest BCUT2D eigenvalue weighted by molar-refractivity contribution is 5.42.